The molecule has 2 fully saturated rings. The van der Waals surface area contributed by atoms with Crippen LogP contribution in [0.3, 0.4) is 0 Å². The minimum atomic E-state index is -1.06. The van der Waals surface area contributed by atoms with Gasteiger partial charge in [0.2, 0.25) is 23.6 Å². The number of amides is 4. The van der Waals surface area contributed by atoms with E-state index in [1.54, 1.807) is 0 Å². The lowest BCUT2D eigenvalue weighted by Gasteiger charge is -2.35. The van der Waals surface area contributed by atoms with Crippen LogP contribution in [0.25, 0.3) is 0 Å². The maximum Gasteiger partial charge on any atom is 0.328 e. The highest BCUT2D eigenvalue weighted by molar-refractivity contribution is 5.93. The third-order valence-corrected chi connectivity index (χ3v) is 11.6. The van der Waals surface area contributed by atoms with Crippen LogP contribution in [0, 0.1) is 10.8 Å². The standard InChI is InChI=1S/C24H34N2O6.C23H32N2O6/c1-24(2,3)21-22(28)26-15-17(14-18(26)23(29)30-4)31-11-7-8-12-32-19-10-6-5-9-16(19)13-20(27)25-21;1-23(2,3)20-21(27)25-14-16(13-17(25)22(28)29)30-10-6-7-11-31-18-9-5-4-8-15(18)12-19(26)24-20/h5-6,9-10,17-18,21H,7-8,11-15H2,1-4H3,(H,25,27);4-5,8-9,16-17,20H,6-7,10-14H2,1-3H3,(H,24,26)(H,28,29)/t17-,18+,21-;16-,17+,20-/m11/s1. The van der Waals surface area contributed by atoms with Crippen LogP contribution < -0.4 is 20.1 Å². The van der Waals surface area contributed by atoms with Crippen LogP contribution in [0.5, 0.6) is 11.5 Å². The van der Waals surface area contributed by atoms with Gasteiger partial charge >= 0.3 is 11.9 Å². The monoisotopic (exact) mass is 878 g/mol. The van der Waals surface area contributed by atoms with Gasteiger partial charge in [-0.15, -0.1) is 0 Å². The first-order valence-electron chi connectivity index (χ1n) is 22.0. The lowest BCUT2D eigenvalue weighted by Crippen LogP contribution is -2.57. The van der Waals surface area contributed by atoms with Gasteiger partial charge < -0.3 is 49.2 Å². The Morgan fingerprint density at radius 1 is 0.635 bits per heavy atom. The third-order valence-electron chi connectivity index (χ3n) is 11.6. The Bertz CT molecular complexity index is 1930. The molecule has 2 saturated heterocycles. The van der Waals surface area contributed by atoms with Gasteiger partial charge in [-0.1, -0.05) is 77.9 Å². The van der Waals surface area contributed by atoms with Crippen LogP contribution >= 0.6 is 0 Å². The maximum absolute atomic E-state index is 13.6. The van der Waals surface area contributed by atoms with E-state index in [0.717, 1.165) is 36.8 Å². The van der Waals surface area contributed by atoms with Gasteiger partial charge in [-0.3, -0.25) is 19.2 Å². The molecule has 16 heteroatoms. The molecule has 0 aliphatic carbocycles. The van der Waals surface area contributed by atoms with E-state index in [-0.39, 0.29) is 55.7 Å². The summed E-state index contributed by atoms with van der Waals surface area (Å²) in [7, 11) is 1.31. The van der Waals surface area contributed by atoms with Gasteiger partial charge in [0.1, 0.15) is 35.7 Å². The minimum Gasteiger partial charge on any atom is -0.493 e. The predicted molar refractivity (Wildman–Crippen MR) is 232 cm³/mol. The van der Waals surface area contributed by atoms with Crippen molar-refractivity contribution in [1.29, 1.82) is 0 Å². The molecule has 0 aromatic heterocycles. The summed E-state index contributed by atoms with van der Waals surface area (Å²) in [6.45, 7) is 13.7. The second-order valence-corrected chi connectivity index (χ2v) is 18.7. The van der Waals surface area contributed by atoms with Crippen LogP contribution in [-0.2, 0) is 55.8 Å². The molecule has 4 bridgehead atoms. The summed E-state index contributed by atoms with van der Waals surface area (Å²) in [5, 5.41) is 15.4. The van der Waals surface area contributed by atoms with E-state index >= 15 is 0 Å². The smallest absolute Gasteiger partial charge is 0.328 e. The van der Waals surface area contributed by atoms with Gasteiger partial charge in [-0.2, -0.15) is 0 Å². The van der Waals surface area contributed by atoms with E-state index < -0.39 is 52.8 Å². The number of benzene rings is 2. The number of carboxylic acids is 1. The molecule has 4 heterocycles. The van der Waals surface area contributed by atoms with E-state index in [9.17, 15) is 33.9 Å². The van der Waals surface area contributed by atoms with Crippen molar-refractivity contribution in [1.82, 2.24) is 20.4 Å². The van der Waals surface area contributed by atoms with Crippen molar-refractivity contribution in [3.05, 3.63) is 59.7 Å². The number of nitrogens with zero attached hydrogens (tertiary/aromatic N) is 2. The Balaban J connectivity index is 0.000000238. The number of carbonyl (C=O) groups is 6. The number of methoxy groups -OCH3 is 1. The highest BCUT2D eigenvalue weighted by Crippen LogP contribution is 2.30. The highest BCUT2D eigenvalue weighted by atomic mass is 16.5. The summed E-state index contributed by atoms with van der Waals surface area (Å²) < 4.78 is 28.6. The summed E-state index contributed by atoms with van der Waals surface area (Å²) in [6, 6.07) is 11.5. The number of hydrogen-bond acceptors (Lipinski definition) is 11. The Morgan fingerprint density at radius 2 is 1.03 bits per heavy atom. The number of rotatable bonds is 2. The fourth-order valence-corrected chi connectivity index (χ4v) is 8.17. The average Bonchev–Trinajstić information content (AvgIpc) is 3.86. The van der Waals surface area contributed by atoms with Crippen LogP contribution in [0.2, 0.25) is 0 Å². The molecule has 6 atom stereocenters. The average molecular weight is 879 g/mol. The number of para-hydroxylation sites is 2. The van der Waals surface area contributed by atoms with E-state index in [2.05, 4.69) is 10.6 Å². The third kappa shape index (κ3) is 13.4. The van der Waals surface area contributed by atoms with Crippen LogP contribution in [0.15, 0.2) is 48.5 Å². The summed E-state index contributed by atoms with van der Waals surface area (Å²) in [5.41, 5.74) is 0.347. The molecule has 0 saturated carbocycles. The predicted octanol–water partition coefficient (Wildman–Crippen LogP) is 4.10. The molecule has 6 rings (SSSR count). The van der Waals surface area contributed by atoms with Crippen molar-refractivity contribution in [2.45, 2.75) is 129 Å². The number of esters is 1. The number of ether oxygens (including phenoxy) is 5. The first-order chi connectivity index (χ1) is 29.9. The second-order valence-electron chi connectivity index (χ2n) is 18.7. The van der Waals surface area contributed by atoms with E-state index in [0.29, 0.717) is 50.9 Å². The Hall–Kier alpha value is -5.22. The summed E-state index contributed by atoms with van der Waals surface area (Å²) >= 11 is 0. The van der Waals surface area contributed by atoms with Gasteiger partial charge in [0.25, 0.3) is 0 Å². The summed E-state index contributed by atoms with van der Waals surface area (Å²) in [4.78, 5) is 80.0. The van der Waals surface area contributed by atoms with E-state index in [1.165, 1.54) is 16.9 Å². The topological polar surface area (TPSA) is 199 Å². The molecule has 4 amide bonds. The minimum absolute atomic E-state index is 0.0735. The molecule has 0 radical (unpaired) electrons. The molecule has 3 N–H and O–H groups in total. The first kappa shape index (κ1) is 48.8. The summed E-state index contributed by atoms with van der Waals surface area (Å²) in [5.74, 6) is -1.48. The zero-order chi connectivity index (χ0) is 45.9. The van der Waals surface area contributed by atoms with Crippen LogP contribution in [0.1, 0.15) is 91.2 Å². The van der Waals surface area contributed by atoms with Crippen molar-refractivity contribution in [3.8, 4) is 11.5 Å². The van der Waals surface area contributed by atoms with Crippen LogP contribution in [0.4, 0.5) is 0 Å². The lowest BCUT2D eigenvalue weighted by molar-refractivity contribution is -0.153. The van der Waals surface area contributed by atoms with E-state index in [1.807, 2.05) is 90.1 Å². The number of hydrogen-bond donors (Lipinski definition) is 3. The Labute approximate surface area is 370 Å². The molecule has 346 valence electrons. The molecule has 4 aliphatic heterocycles. The molecule has 0 spiro atoms. The quantitative estimate of drug-likeness (QED) is 0.366. The van der Waals surface area contributed by atoms with Gasteiger partial charge in [-0.25, -0.2) is 9.59 Å². The molecule has 4 aliphatic rings. The SMILES string of the molecule is CC(C)(C)[C@@H]1NC(=O)Cc2ccccc2OCCCCO[C@@H]2C[C@@H](C(=O)O)N(C2)C1=O.COC(=O)[C@@H]1C[C@@H]2CN1C(=O)[C@H](C(C)(C)C)NC(=O)Cc1ccccc1OCCCCO2. The van der Waals surface area contributed by atoms with Crippen molar-refractivity contribution < 1.29 is 57.6 Å². The molecular weight excluding hydrogens is 813 g/mol. The van der Waals surface area contributed by atoms with E-state index in [4.69, 9.17) is 23.7 Å². The van der Waals surface area contributed by atoms with Crippen molar-refractivity contribution in [3.63, 3.8) is 0 Å². The molecule has 2 aromatic rings. The van der Waals surface area contributed by atoms with Gasteiger partial charge in [-0.05, 0) is 48.6 Å². The number of aliphatic carboxylic acids is 1. The van der Waals surface area contributed by atoms with Crippen LogP contribution in [-0.4, -0.2) is 133 Å². The van der Waals surface area contributed by atoms with Crippen molar-refractivity contribution in [2.75, 3.05) is 46.6 Å². The largest absolute Gasteiger partial charge is 0.493 e. The zero-order valence-corrected chi connectivity index (χ0v) is 37.8. The fraction of sp³-hybridized carbons (Fsp3) is 0.617. The number of fused-ring (bicyclic) bond motifs is 6. The Morgan fingerprint density at radius 3 is 1.44 bits per heavy atom. The zero-order valence-electron chi connectivity index (χ0n) is 37.8. The normalized spacial score (nSPS) is 25.8. The summed E-state index contributed by atoms with van der Waals surface area (Å²) in [6.07, 6.45) is 3.32. The second kappa shape index (κ2) is 21.9. The molecule has 63 heavy (non-hydrogen) atoms. The fourth-order valence-electron chi connectivity index (χ4n) is 8.17. The number of carboxylic acid groups (broad SMARTS) is 1. The van der Waals surface area contributed by atoms with Crippen molar-refractivity contribution in [2.24, 2.45) is 10.8 Å². The Kier molecular flexibility index (Phi) is 17.0. The number of nitrogens with one attached hydrogen (secondary N) is 2. The van der Waals surface area contributed by atoms with Gasteiger partial charge in [0.05, 0.1) is 45.4 Å². The van der Waals surface area contributed by atoms with Gasteiger partial charge in [0.15, 0.2) is 0 Å². The molecule has 2 aromatic carbocycles. The first-order valence-corrected chi connectivity index (χ1v) is 22.0. The number of carbonyl (C=O) groups excluding carboxylic acids is 5. The molecular formula is C47H66N4O12. The van der Waals surface area contributed by atoms with Crippen molar-refractivity contribution >= 4 is 35.6 Å². The molecule has 0 unspecified atom stereocenters. The maximum atomic E-state index is 13.6. The highest BCUT2D eigenvalue weighted by Gasteiger charge is 2.47. The van der Waals surface area contributed by atoms with Gasteiger partial charge in [0, 0.05) is 50.3 Å². The molecule has 16 nitrogen and oxygen atoms in total. The lowest BCUT2D eigenvalue weighted by atomic mass is 9.85.